The first-order valence-electron chi connectivity index (χ1n) is 13.1. The molecule has 0 aromatic carbocycles. The summed E-state index contributed by atoms with van der Waals surface area (Å²) in [5, 5.41) is 7.35. The van der Waals surface area contributed by atoms with Gasteiger partial charge in [-0.05, 0) is 50.5 Å². The second-order valence-electron chi connectivity index (χ2n) is 10.1. The molecule has 37 heavy (non-hydrogen) atoms. The van der Waals surface area contributed by atoms with Gasteiger partial charge in [0.15, 0.2) is 5.78 Å². The molecule has 10 nitrogen and oxygen atoms in total. The molecule has 0 amide bonds. The van der Waals surface area contributed by atoms with E-state index in [1.807, 2.05) is 12.1 Å². The summed E-state index contributed by atoms with van der Waals surface area (Å²) < 4.78 is 3.95. The average molecular weight is 501 g/mol. The van der Waals surface area contributed by atoms with E-state index in [2.05, 4.69) is 37.3 Å². The average Bonchev–Trinajstić information content (AvgIpc) is 3.55. The van der Waals surface area contributed by atoms with Crippen LogP contribution in [0.3, 0.4) is 0 Å². The SMILES string of the molecule is CC(=O)c1c(C)c2cnc(Nc3ccc4c(ccn4CN4CCNCC4)n3)nc2n(C2CCCC2)c1=O. The van der Waals surface area contributed by atoms with Crippen molar-refractivity contribution in [2.45, 2.75) is 52.2 Å². The molecule has 192 valence electrons. The first-order chi connectivity index (χ1) is 18.0. The summed E-state index contributed by atoms with van der Waals surface area (Å²) in [6.07, 6.45) is 7.73. The minimum atomic E-state index is -0.251. The number of pyridine rings is 2. The van der Waals surface area contributed by atoms with Crippen molar-refractivity contribution in [3.8, 4) is 0 Å². The van der Waals surface area contributed by atoms with E-state index in [-0.39, 0.29) is 22.9 Å². The maximum atomic E-state index is 13.4. The Hall–Kier alpha value is -3.63. The summed E-state index contributed by atoms with van der Waals surface area (Å²) in [5.74, 6) is 0.791. The maximum Gasteiger partial charge on any atom is 0.263 e. The molecule has 0 unspecified atom stereocenters. The number of nitrogens with zero attached hydrogens (tertiary/aromatic N) is 6. The van der Waals surface area contributed by atoms with Crippen LogP contribution in [0.1, 0.15) is 54.6 Å². The molecule has 4 aromatic heterocycles. The van der Waals surface area contributed by atoms with Gasteiger partial charge in [0, 0.05) is 50.0 Å². The van der Waals surface area contributed by atoms with Gasteiger partial charge in [-0.15, -0.1) is 0 Å². The number of carbonyl (C=O) groups is 1. The zero-order chi connectivity index (χ0) is 25.5. The number of anilines is 2. The van der Waals surface area contributed by atoms with Crippen molar-refractivity contribution >= 4 is 39.6 Å². The largest absolute Gasteiger partial charge is 0.333 e. The molecule has 2 N–H and O–H groups in total. The Balaban J connectivity index is 1.34. The Morgan fingerprint density at radius 1 is 1.14 bits per heavy atom. The quantitative estimate of drug-likeness (QED) is 0.388. The highest BCUT2D eigenvalue weighted by atomic mass is 16.1. The van der Waals surface area contributed by atoms with Crippen molar-refractivity contribution < 1.29 is 4.79 Å². The number of hydrogen-bond acceptors (Lipinski definition) is 8. The van der Waals surface area contributed by atoms with Crippen LogP contribution in [0.15, 0.2) is 35.4 Å². The lowest BCUT2D eigenvalue weighted by molar-refractivity contribution is 0.101. The molecule has 0 atom stereocenters. The van der Waals surface area contributed by atoms with E-state index < -0.39 is 0 Å². The molecule has 6 rings (SSSR count). The summed E-state index contributed by atoms with van der Waals surface area (Å²) in [7, 11) is 0. The maximum absolute atomic E-state index is 13.4. The highest BCUT2D eigenvalue weighted by Gasteiger charge is 2.26. The number of fused-ring (bicyclic) bond motifs is 2. The van der Waals surface area contributed by atoms with E-state index in [0.717, 1.165) is 75.0 Å². The van der Waals surface area contributed by atoms with E-state index in [4.69, 9.17) is 9.97 Å². The van der Waals surface area contributed by atoms with Gasteiger partial charge >= 0.3 is 0 Å². The zero-order valence-corrected chi connectivity index (χ0v) is 21.3. The lowest BCUT2D eigenvalue weighted by Crippen LogP contribution is -2.43. The van der Waals surface area contributed by atoms with Crippen molar-refractivity contribution in [1.82, 2.24) is 34.3 Å². The summed E-state index contributed by atoms with van der Waals surface area (Å²) in [6, 6.07) is 6.06. The van der Waals surface area contributed by atoms with Gasteiger partial charge in [0.1, 0.15) is 11.5 Å². The molecule has 2 aliphatic rings. The molecule has 0 bridgehead atoms. The van der Waals surface area contributed by atoms with E-state index in [9.17, 15) is 9.59 Å². The number of rotatable bonds is 6. The first kappa shape index (κ1) is 23.7. The molecular formula is C27H32N8O2. The minimum Gasteiger partial charge on any atom is -0.333 e. The van der Waals surface area contributed by atoms with Crippen LogP contribution in [0, 0.1) is 6.92 Å². The molecular weight excluding hydrogens is 468 g/mol. The van der Waals surface area contributed by atoms with Gasteiger partial charge in [-0.3, -0.25) is 19.1 Å². The fourth-order valence-electron chi connectivity index (χ4n) is 5.76. The van der Waals surface area contributed by atoms with Gasteiger partial charge in [0.25, 0.3) is 5.56 Å². The smallest absolute Gasteiger partial charge is 0.263 e. The number of piperazine rings is 1. The number of Topliss-reactive ketones (excluding diaryl/α,β-unsaturated/α-hetero) is 1. The number of aromatic nitrogens is 5. The van der Waals surface area contributed by atoms with Crippen LogP contribution in [-0.2, 0) is 6.67 Å². The van der Waals surface area contributed by atoms with Crippen molar-refractivity contribution in [1.29, 1.82) is 0 Å². The molecule has 1 saturated heterocycles. The Bertz CT molecular complexity index is 1540. The standard InChI is InChI=1S/C27H32N8O2/c1-17-20-15-29-27(32-25(20)35(19-5-3-4-6-19)26(37)24(17)18(2)36)31-23-8-7-22-21(30-23)9-12-34(22)16-33-13-10-28-11-14-33/h7-9,12,15,19,28H,3-6,10-11,13-14,16H2,1-2H3,(H,29,30,31,32). The second kappa shape index (κ2) is 9.68. The third kappa shape index (κ3) is 4.40. The molecule has 2 fully saturated rings. The summed E-state index contributed by atoms with van der Waals surface area (Å²) in [5.41, 5.74) is 3.16. The predicted molar refractivity (Wildman–Crippen MR) is 144 cm³/mol. The van der Waals surface area contributed by atoms with Crippen LogP contribution in [0.4, 0.5) is 11.8 Å². The Labute approximate surface area is 214 Å². The number of ketones is 1. The van der Waals surface area contributed by atoms with Crippen LogP contribution in [0.5, 0.6) is 0 Å². The van der Waals surface area contributed by atoms with Gasteiger partial charge in [-0.1, -0.05) is 12.8 Å². The van der Waals surface area contributed by atoms with Gasteiger partial charge in [0.2, 0.25) is 5.95 Å². The van der Waals surface area contributed by atoms with Crippen LogP contribution in [-0.4, -0.2) is 60.9 Å². The van der Waals surface area contributed by atoms with Crippen LogP contribution in [0.25, 0.3) is 22.1 Å². The molecule has 5 heterocycles. The van der Waals surface area contributed by atoms with Crippen LogP contribution >= 0.6 is 0 Å². The zero-order valence-electron chi connectivity index (χ0n) is 21.3. The molecule has 10 heteroatoms. The Morgan fingerprint density at radius 3 is 2.68 bits per heavy atom. The molecule has 0 radical (unpaired) electrons. The van der Waals surface area contributed by atoms with Crippen molar-refractivity contribution in [3.63, 3.8) is 0 Å². The number of nitrogens with one attached hydrogen (secondary N) is 2. The normalized spacial score (nSPS) is 17.1. The number of aryl methyl sites for hydroxylation is 1. The summed E-state index contributed by atoms with van der Waals surface area (Å²) >= 11 is 0. The Kier molecular flexibility index (Phi) is 6.21. The highest BCUT2D eigenvalue weighted by molar-refractivity contribution is 5.99. The summed E-state index contributed by atoms with van der Waals surface area (Å²) in [4.78, 5) is 42.3. The molecule has 1 aliphatic carbocycles. The van der Waals surface area contributed by atoms with E-state index in [1.165, 1.54) is 6.92 Å². The number of hydrogen-bond donors (Lipinski definition) is 2. The van der Waals surface area contributed by atoms with Crippen molar-refractivity contribution in [2.24, 2.45) is 0 Å². The molecule has 4 aromatic rings. The van der Waals surface area contributed by atoms with Crippen molar-refractivity contribution in [3.05, 3.63) is 52.1 Å². The van der Waals surface area contributed by atoms with Crippen LogP contribution < -0.4 is 16.2 Å². The molecule has 1 aliphatic heterocycles. The fraction of sp³-hybridized carbons (Fsp3) is 0.444. The predicted octanol–water partition coefficient (Wildman–Crippen LogP) is 3.37. The van der Waals surface area contributed by atoms with Gasteiger partial charge in [0.05, 0.1) is 23.3 Å². The highest BCUT2D eigenvalue weighted by Crippen LogP contribution is 2.32. The lowest BCUT2D eigenvalue weighted by Gasteiger charge is -2.27. The third-order valence-corrected chi connectivity index (χ3v) is 7.68. The molecule has 0 spiro atoms. The van der Waals surface area contributed by atoms with Gasteiger partial charge in [-0.2, -0.15) is 4.98 Å². The minimum absolute atomic E-state index is 0.0429. The van der Waals surface area contributed by atoms with Gasteiger partial charge in [-0.25, -0.2) is 9.97 Å². The first-order valence-corrected chi connectivity index (χ1v) is 13.1. The summed E-state index contributed by atoms with van der Waals surface area (Å²) in [6.45, 7) is 8.19. The fourth-order valence-corrected chi connectivity index (χ4v) is 5.76. The Morgan fingerprint density at radius 2 is 1.92 bits per heavy atom. The van der Waals surface area contributed by atoms with Crippen molar-refractivity contribution in [2.75, 3.05) is 31.5 Å². The van der Waals surface area contributed by atoms with Crippen LogP contribution in [0.2, 0.25) is 0 Å². The number of carbonyl (C=O) groups excluding carboxylic acids is 1. The lowest BCUT2D eigenvalue weighted by atomic mass is 10.0. The van der Waals surface area contributed by atoms with E-state index in [1.54, 1.807) is 17.7 Å². The third-order valence-electron chi connectivity index (χ3n) is 7.68. The van der Waals surface area contributed by atoms with Gasteiger partial charge < -0.3 is 15.2 Å². The topological polar surface area (TPSA) is 110 Å². The monoisotopic (exact) mass is 500 g/mol. The van der Waals surface area contributed by atoms with E-state index in [0.29, 0.717) is 23.0 Å². The molecule has 1 saturated carbocycles. The van der Waals surface area contributed by atoms with E-state index >= 15 is 0 Å². The second-order valence-corrected chi connectivity index (χ2v) is 10.1.